The second-order valence-electron chi connectivity index (χ2n) is 12.9. The van der Waals surface area contributed by atoms with Crippen LogP contribution in [0.4, 0.5) is 17.1 Å². The summed E-state index contributed by atoms with van der Waals surface area (Å²) in [5.74, 6) is 0. The monoisotopic (exact) mass is 653 g/mol. The highest BCUT2D eigenvalue weighted by Crippen LogP contribution is 2.46. The molecule has 0 unspecified atom stereocenters. The Morgan fingerprint density at radius 2 is 0.940 bits per heavy atom. The van der Waals surface area contributed by atoms with E-state index in [2.05, 4.69) is 193 Å². The molecule has 2 heteroatoms. The summed E-state index contributed by atoms with van der Waals surface area (Å²) in [7, 11) is 0. The van der Waals surface area contributed by atoms with Crippen molar-refractivity contribution in [2.75, 3.05) is 4.90 Å². The van der Waals surface area contributed by atoms with Crippen LogP contribution in [0.2, 0.25) is 0 Å². The molecule has 10 rings (SSSR count). The molecule has 1 aromatic heterocycles. The van der Waals surface area contributed by atoms with E-state index < -0.39 is 0 Å². The smallest absolute Gasteiger partial charge is 0.0640 e. The third kappa shape index (κ3) is 4.69. The molecular formula is C48H31NS. The molecule has 0 atom stereocenters. The molecule has 1 nitrogen and oxygen atoms in total. The van der Waals surface area contributed by atoms with Crippen molar-refractivity contribution < 1.29 is 0 Å². The maximum atomic E-state index is 2.42. The van der Waals surface area contributed by atoms with Crippen LogP contribution in [0.25, 0.3) is 74.7 Å². The molecule has 0 aliphatic carbocycles. The molecular weight excluding hydrogens is 623 g/mol. The highest BCUT2D eigenvalue weighted by atomic mass is 32.1. The molecule has 0 N–H and O–H groups in total. The molecule has 0 fully saturated rings. The molecule has 0 aliphatic heterocycles. The number of anilines is 3. The van der Waals surface area contributed by atoms with Crippen LogP contribution < -0.4 is 4.90 Å². The lowest BCUT2D eigenvalue weighted by atomic mass is 9.90. The van der Waals surface area contributed by atoms with Gasteiger partial charge < -0.3 is 4.90 Å². The standard InChI is InChI=1S/C48H31NS/c1-2-11-32(12-3-1)33-23-27-37(28-24-33)49(45-19-10-18-43-41-16-8-9-20-46(41)50-48(43)45)38-29-25-35(26-30-38)44-31-36-22-21-34-13-4-5-14-39(34)47(36)42-17-7-6-15-40(42)44/h1-31H. The van der Waals surface area contributed by atoms with Gasteiger partial charge in [-0.05, 0) is 97.0 Å². The number of benzene rings is 9. The molecule has 9 aromatic carbocycles. The summed E-state index contributed by atoms with van der Waals surface area (Å²) in [5, 5.41) is 10.3. The molecule has 0 bridgehead atoms. The maximum absolute atomic E-state index is 2.42. The summed E-state index contributed by atoms with van der Waals surface area (Å²) in [4.78, 5) is 2.42. The fraction of sp³-hybridized carbons (Fsp3) is 0. The van der Waals surface area contributed by atoms with E-state index in [0.29, 0.717) is 0 Å². The minimum atomic E-state index is 1.13. The van der Waals surface area contributed by atoms with Crippen molar-refractivity contribution in [2.45, 2.75) is 0 Å². The van der Waals surface area contributed by atoms with Crippen LogP contribution in [-0.2, 0) is 0 Å². The van der Waals surface area contributed by atoms with Crippen LogP contribution in [0.5, 0.6) is 0 Å². The highest BCUT2D eigenvalue weighted by molar-refractivity contribution is 7.26. The number of hydrogen-bond donors (Lipinski definition) is 0. The first-order valence-electron chi connectivity index (χ1n) is 17.1. The molecule has 234 valence electrons. The zero-order valence-corrected chi connectivity index (χ0v) is 28.1. The Kier molecular flexibility index (Phi) is 6.75. The van der Waals surface area contributed by atoms with Gasteiger partial charge in [0.2, 0.25) is 0 Å². The van der Waals surface area contributed by atoms with Gasteiger partial charge in [0.1, 0.15) is 0 Å². The number of nitrogens with zero attached hydrogens (tertiary/aromatic N) is 1. The van der Waals surface area contributed by atoms with Gasteiger partial charge >= 0.3 is 0 Å². The highest BCUT2D eigenvalue weighted by Gasteiger charge is 2.19. The van der Waals surface area contributed by atoms with E-state index in [9.17, 15) is 0 Å². The van der Waals surface area contributed by atoms with Crippen LogP contribution in [0.15, 0.2) is 188 Å². The zero-order valence-electron chi connectivity index (χ0n) is 27.3. The van der Waals surface area contributed by atoms with E-state index in [1.165, 1.54) is 80.4 Å². The van der Waals surface area contributed by atoms with E-state index in [4.69, 9.17) is 0 Å². The van der Waals surface area contributed by atoms with Gasteiger partial charge in [0, 0.05) is 26.8 Å². The largest absolute Gasteiger partial charge is 0.309 e. The van der Waals surface area contributed by atoms with Gasteiger partial charge in [0.15, 0.2) is 0 Å². The summed E-state index contributed by atoms with van der Waals surface area (Å²) < 4.78 is 2.60. The lowest BCUT2D eigenvalue weighted by molar-refractivity contribution is 1.30. The first kappa shape index (κ1) is 28.8. The van der Waals surface area contributed by atoms with Crippen molar-refractivity contribution in [2.24, 2.45) is 0 Å². The van der Waals surface area contributed by atoms with E-state index in [0.717, 1.165) is 11.4 Å². The lowest BCUT2D eigenvalue weighted by Crippen LogP contribution is -2.10. The van der Waals surface area contributed by atoms with Crippen molar-refractivity contribution in [3.8, 4) is 22.3 Å². The Labute approximate surface area is 294 Å². The third-order valence-corrected chi connectivity index (χ3v) is 11.3. The second-order valence-corrected chi connectivity index (χ2v) is 14.0. The van der Waals surface area contributed by atoms with Crippen molar-refractivity contribution in [1.82, 2.24) is 0 Å². The minimum absolute atomic E-state index is 1.13. The van der Waals surface area contributed by atoms with Gasteiger partial charge in [-0.15, -0.1) is 11.3 Å². The van der Waals surface area contributed by atoms with Crippen LogP contribution in [0.1, 0.15) is 0 Å². The lowest BCUT2D eigenvalue weighted by Gasteiger charge is -2.26. The Morgan fingerprint density at radius 3 is 1.72 bits per heavy atom. The molecule has 0 amide bonds. The summed E-state index contributed by atoms with van der Waals surface area (Å²) >= 11 is 1.87. The summed E-state index contributed by atoms with van der Waals surface area (Å²) in [6.07, 6.45) is 0. The fourth-order valence-corrected chi connectivity index (χ4v) is 8.88. The van der Waals surface area contributed by atoms with E-state index in [1.807, 2.05) is 11.3 Å². The van der Waals surface area contributed by atoms with Crippen molar-refractivity contribution >= 4 is 80.9 Å². The van der Waals surface area contributed by atoms with Crippen molar-refractivity contribution in [3.05, 3.63) is 188 Å². The normalized spacial score (nSPS) is 11.6. The average molecular weight is 654 g/mol. The van der Waals surface area contributed by atoms with E-state index in [1.54, 1.807) is 0 Å². The summed E-state index contributed by atoms with van der Waals surface area (Å²) in [6, 6.07) is 68.6. The molecule has 50 heavy (non-hydrogen) atoms. The topological polar surface area (TPSA) is 3.24 Å². The first-order valence-corrected chi connectivity index (χ1v) is 17.9. The predicted molar refractivity (Wildman–Crippen MR) is 217 cm³/mol. The minimum Gasteiger partial charge on any atom is -0.309 e. The maximum Gasteiger partial charge on any atom is 0.0640 e. The number of hydrogen-bond acceptors (Lipinski definition) is 2. The van der Waals surface area contributed by atoms with E-state index >= 15 is 0 Å². The number of thiophene rings is 1. The van der Waals surface area contributed by atoms with Gasteiger partial charge in [0.05, 0.1) is 10.4 Å². The summed E-state index contributed by atoms with van der Waals surface area (Å²) in [5.41, 5.74) is 8.33. The average Bonchev–Trinajstić information content (AvgIpc) is 3.58. The molecule has 0 saturated heterocycles. The van der Waals surface area contributed by atoms with Gasteiger partial charge in [-0.2, -0.15) is 0 Å². The van der Waals surface area contributed by atoms with E-state index in [-0.39, 0.29) is 0 Å². The van der Waals surface area contributed by atoms with Gasteiger partial charge in [0.25, 0.3) is 0 Å². The quantitative estimate of drug-likeness (QED) is 0.167. The van der Waals surface area contributed by atoms with Gasteiger partial charge in [-0.3, -0.25) is 0 Å². The number of fused-ring (bicyclic) bond motifs is 8. The Bertz CT molecular complexity index is 2850. The second kappa shape index (κ2) is 11.7. The van der Waals surface area contributed by atoms with Crippen molar-refractivity contribution in [3.63, 3.8) is 0 Å². The molecule has 0 saturated carbocycles. The van der Waals surface area contributed by atoms with Gasteiger partial charge in [-0.25, -0.2) is 0 Å². The molecule has 10 aromatic rings. The predicted octanol–water partition coefficient (Wildman–Crippen LogP) is 14.3. The fourth-order valence-electron chi connectivity index (χ4n) is 7.68. The third-order valence-electron chi connectivity index (χ3n) is 10.0. The Balaban J connectivity index is 1.14. The van der Waals surface area contributed by atoms with Crippen LogP contribution in [0.3, 0.4) is 0 Å². The zero-order chi connectivity index (χ0) is 33.0. The van der Waals surface area contributed by atoms with Crippen LogP contribution >= 0.6 is 11.3 Å². The van der Waals surface area contributed by atoms with Crippen LogP contribution in [-0.4, -0.2) is 0 Å². The van der Waals surface area contributed by atoms with Crippen LogP contribution in [0, 0.1) is 0 Å². The van der Waals surface area contributed by atoms with Crippen molar-refractivity contribution in [1.29, 1.82) is 0 Å². The molecule has 0 spiro atoms. The number of rotatable bonds is 5. The molecule has 0 aliphatic rings. The van der Waals surface area contributed by atoms with Gasteiger partial charge in [-0.1, -0.05) is 146 Å². The summed E-state index contributed by atoms with van der Waals surface area (Å²) in [6.45, 7) is 0. The molecule has 0 radical (unpaired) electrons. The first-order chi connectivity index (χ1) is 24.8. The molecule has 1 heterocycles. The SMILES string of the molecule is c1ccc(-c2ccc(N(c3ccc(-c4cc5ccc6ccccc6c5c5ccccc45)cc3)c3cccc4c3sc3ccccc34)cc2)cc1. The Hall–Kier alpha value is -6.22. The Morgan fingerprint density at radius 1 is 0.360 bits per heavy atom.